The Balaban J connectivity index is 1.49. The zero-order chi connectivity index (χ0) is 27.9. The van der Waals surface area contributed by atoms with Crippen molar-refractivity contribution in [2.75, 3.05) is 17.4 Å². The second-order valence-corrected chi connectivity index (χ2v) is 10.5. The highest BCUT2D eigenvalue weighted by molar-refractivity contribution is 7.99. The van der Waals surface area contributed by atoms with Crippen LogP contribution in [0.25, 0.3) is 0 Å². The number of hydrogen-bond acceptors (Lipinski definition) is 7. The molecule has 3 amide bonds. The molecule has 9 nitrogen and oxygen atoms in total. The van der Waals surface area contributed by atoms with E-state index in [0.717, 1.165) is 11.1 Å². The van der Waals surface area contributed by atoms with Crippen LogP contribution in [-0.2, 0) is 22.6 Å². The normalized spacial score (nSPS) is 16.4. The van der Waals surface area contributed by atoms with Gasteiger partial charge in [-0.3, -0.25) is 14.4 Å². The Labute approximate surface area is 231 Å². The van der Waals surface area contributed by atoms with Crippen molar-refractivity contribution in [2.24, 2.45) is 0 Å². The van der Waals surface area contributed by atoms with Gasteiger partial charge in [-0.1, -0.05) is 48.5 Å². The van der Waals surface area contributed by atoms with Crippen LogP contribution >= 0.6 is 11.8 Å². The molecule has 1 aliphatic heterocycles. The van der Waals surface area contributed by atoms with Gasteiger partial charge in [0, 0.05) is 29.1 Å². The minimum atomic E-state index is -1.60. The predicted octanol–water partition coefficient (Wildman–Crippen LogP) is 2.20. The maximum Gasteiger partial charge on any atom is 0.254 e. The van der Waals surface area contributed by atoms with Gasteiger partial charge in [0.15, 0.2) is 6.10 Å². The molecule has 0 aliphatic carbocycles. The van der Waals surface area contributed by atoms with Crippen molar-refractivity contribution in [2.45, 2.75) is 38.1 Å². The van der Waals surface area contributed by atoms with Gasteiger partial charge in [-0.15, -0.1) is 11.8 Å². The maximum atomic E-state index is 13.5. The van der Waals surface area contributed by atoms with Gasteiger partial charge in [0.05, 0.1) is 11.9 Å². The third-order valence-electron chi connectivity index (χ3n) is 6.68. The summed E-state index contributed by atoms with van der Waals surface area (Å²) in [7, 11) is 0. The number of carbonyl (C=O) groups excluding carboxylic acids is 3. The number of phenolic OH excluding ortho intramolecular Hbond substituents is 1. The lowest BCUT2D eigenvalue weighted by molar-refractivity contribution is -0.146. The SMILES string of the molecule is Cc1c(O)cccc1C(=O)N[C@@H](Cc1ccccc1)[C@H](O)C(=O)N1CSC[C@H]1C(=O)NCc1cccc(N)c1. The molecule has 1 saturated heterocycles. The van der Waals surface area contributed by atoms with E-state index in [-0.39, 0.29) is 36.1 Å². The number of nitrogen functional groups attached to an aromatic ring is 1. The lowest BCUT2D eigenvalue weighted by Crippen LogP contribution is -2.56. The first-order valence-corrected chi connectivity index (χ1v) is 13.7. The van der Waals surface area contributed by atoms with Crippen LogP contribution in [0.15, 0.2) is 72.8 Å². The van der Waals surface area contributed by atoms with Gasteiger partial charge < -0.3 is 31.5 Å². The van der Waals surface area contributed by atoms with Gasteiger partial charge in [-0.2, -0.15) is 0 Å². The average molecular weight is 549 g/mol. The Kier molecular flexibility index (Phi) is 9.11. The number of nitrogens with zero attached hydrogens (tertiary/aromatic N) is 1. The molecule has 0 unspecified atom stereocenters. The summed E-state index contributed by atoms with van der Waals surface area (Å²) in [6.45, 7) is 1.87. The molecule has 0 spiro atoms. The van der Waals surface area contributed by atoms with Gasteiger partial charge in [0.2, 0.25) is 5.91 Å². The largest absolute Gasteiger partial charge is 0.508 e. The van der Waals surface area contributed by atoms with Gasteiger partial charge in [-0.25, -0.2) is 0 Å². The van der Waals surface area contributed by atoms with Crippen molar-refractivity contribution in [3.63, 3.8) is 0 Å². The molecule has 1 aliphatic rings. The van der Waals surface area contributed by atoms with Gasteiger partial charge in [0.25, 0.3) is 11.8 Å². The van der Waals surface area contributed by atoms with Gasteiger partial charge in [0.1, 0.15) is 11.8 Å². The first kappa shape index (κ1) is 28.0. The van der Waals surface area contributed by atoms with Crippen molar-refractivity contribution in [1.82, 2.24) is 15.5 Å². The summed E-state index contributed by atoms with van der Waals surface area (Å²) in [5, 5.41) is 26.9. The molecule has 0 aromatic heterocycles. The lowest BCUT2D eigenvalue weighted by atomic mass is 9.98. The average Bonchev–Trinajstić information content (AvgIpc) is 3.43. The number of aliphatic hydroxyl groups excluding tert-OH is 1. The number of aliphatic hydroxyl groups is 1. The minimum Gasteiger partial charge on any atom is -0.508 e. The van der Waals surface area contributed by atoms with Crippen LogP contribution in [0, 0.1) is 6.92 Å². The molecular formula is C29H32N4O5S. The fourth-order valence-corrected chi connectivity index (χ4v) is 5.62. The van der Waals surface area contributed by atoms with Crippen LogP contribution in [-0.4, -0.2) is 62.7 Å². The molecular weight excluding hydrogens is 516 g/mol. The number of aromatic hydroxyl groups is 1. The standard InChI is InChI=1S/C29H32N4O5S/c1-18-22(11-6-12-25(18)34)27(36)32-23(14-19-7-3-2-4-8-19)26(35)29(38)33-17-39-16-24(33)28(37)31-15-20-9-5-10-21(30)13-20/h2-13,23-24,26,34-35H,14-17,30H2,1H3,(H,31,37)(H,32,36)/t23-,24-,26-/m0/s1. The maximum absolute atomic E-state index is 13.5. The number of nitrogens with one attached hydrogen (secondary N) is 2. The molecule has 4 rings (SSSR count). The molecule has 3 aromatic rings. The number of thioether (sulfide) groups is 1. The van der Waals surface area contributed by atoms with Gasteiger partial charge in [-0.05, 0) is 48.7 Å². The smallest absolute Gasteiger partial charge is 0.254 e. The van der Waals surface area contributed by atoms with E-state index in [9.17, 15) is 24.6 Å². The van der Waals surface area contributed by atoms with E-state index in [1.165, 1.54) is 22.7 Å². The zero-order valence-corrected chi connectivity index (χ0v) is 22.4. The molecule has 1 fully saturated rings. The molecule has 10 heteroatoms. The number of amides is 3. The third-order valence-corrected chi connectivity index (χ3v) is 7.70. The van der Waals surface area contributed by atoms with Crippen LogP contribution in [0.4, 0.5) is 5.69 Å². The Hall–Kier alpha value is -4.02. The first-order chi connectivity index (χ1) is 18.7. The summed E-state index contributed by atoms with van der Waals surface area (Å²) < 4.78 is 0. The number of rotatable bonds is 9. The summed E-state index contributed by atoms with van der Waals surface area (Å²) in [6, 6.07) is 19.2. The Morgan fingerprint density at radius 3 is 2.51 bits per heavy atom. The fourth-order valence-electron chi connectivity index (χ4n) is 4.45. The second-order valence-electron chi connectivity index (χ2n) is 9.45. The highest BCUT2D eigenvalue weighted by Gasteiger charge is 2.40. The molecule has 204 valence electrons. The summed E-state index contributed by atoms with van der Waals surface area (Å²) in [5.41, 5.74) is 8.68. The van der Waals surface area contributed by atoms with Crippen molar-refractivity contribution in [3.8, 4) is 5.75 Å². The number of anilines is 1. The molecule has 6 N–H and O–H groups in total. The summed E-state index contributed by atoms with van der Waals surface area (Å²) in [4.78, 5) is 41.0. The highest BCUT2D eigenvalue weighted by Crippen LogP contribution is 2.24. The van der Waals surface area contributed by atoms with E-state index in [1.807, 2.05) is 36.4 Å². The van der Waals surface area contributed by atoms with Crippen molar-refractivity contribution >= 4 is 35.2 Å². The van der Waals surface area contributed by atoms with E-state index >= 15 is 0 Å². The number of carbonyl (C=O) groups is 3. The van der Waals surface area contributed by atoms with E-state index in [4.69, 9.17) is 5.73 Å². The summed E-state index contributed by atoms with van der Waals surface area (Å²) in [5.74, 6) is -0.896. The molecule has 0 saturated carbocycles. The Morgan fingerprint density at radius 2 is 1.77 bits per heavy atom. The van der Waals surface area contributed by atoms with Crippen LogP contribution < -0.4 is 16.4 Å². The Bertz CT molecular complexity index is 1340. The minimum absolute atomic E-state index is 0.0278. The molecule has 0 radical (unpaired) electrons. The van der Waals surface area contributed by atoms with Crippen LogP contribution in [0.5, 0.6) is 5.75 Å². The van der Waals surface area contributed by atoms with Crippen LogP contribution in [0.2, 0.25) is 0 Å². The summed E-state index contributed by atoms with van der Waals surface area (Å²) in [6.07, 6.45) is -1.42. The lowest BCUT2D eigenvalue weighted by Gasteiger charge is -2.30. The second kappa shape index (κ2) is 12.7. The topological polar surface area (TPSA) is 145 Å². The van der Waals surface area contributed by atoms with Crippen molar-refractivity contribution < 1.29 is 24.6 Å². The zero-order valence-electron chi connectivity index (χ0n) is 21.5. The van der Waals surface area contributed by atoms with E-state index in [1.54, 1.807) is 37.3 Å². The van der Waals surface area contributed by atoms with Gasteiger partial charge >= 0.3 is 0 Å². The quantitative estimate of drug-likeness (QED) is 0.258. The van der Waals surface area contributed by atoms with Crippen molar-refractivity contribution in [3.05, 3.63) is 95.1 Å². The predicted molar refractivity (Wildman–Crippen MR) is 151 cm³/mol. The number of hydrogen-bond donors (Lipinski definition) is 5. The molecule has 0 bridgehead atoms. The monoisotopic (exact) mass is 548 g/mol. The third kappa shape index (κ3) is 6.90. The van der Waals surface area contributed by atoms with E-state index in [0.29, 0.717) is 17.0 Å². The van der Waals surface area contributed by atoms with E-state index < -0.39 is 30.0 Å². The first-order valence-electron chi connectivity index (χ1n) is 12.6. The number of benzene rings is 3. The number of nitrogens with two attached hydrogens (primary N) is 1. The van der Waals surface area contributed by atoms with Crippen LogP contribution in [0.1, 0.15) is 27.0 Å². The van der Waals surface area contributed by atoms with Crippen molar-refractivity contribution in [1.29, 1.82) is 0 Å². The van der Waals surface area contributed by atoms with E-state index in [2.05, 4.69) is 10.6 Å². The molecule has 3 aromatic carbocycles. The van der Waals surface area contributed by atoms with Crippen LogP contribution in [0.3, 0.4) is 0 Å². The fraction of sp³-hybridized carbons (Fsp3) is 0.276. The number of phenols is 1. The molecule has 39 heavy (non-hydrogen) atoms. The summed E-state index contributed by atoms with van der Waals surface area (Å²) >= 11 is 1.42. The Morgan fingerprint density at radius 1 is 1.05 bits per heavy atom. The molecule has 3 atom stereocenters. The molecule has 1 heterocycles. The highest BCUT2D eigenvalue weighted by atomic mass is 32.2.